The van der Waals surface area contributed by atoms with Crippen molar-refractivity contribution in [3.8, 4) is 11.5 Å². The molecule has 10 heteroatoms. The summed E-state index contributed by atoms with van der Waals surface area (Å²) in [7, 11) is 4.02. The molecule has 176 valence electrons. The minimum atomic E-state index is -0.208. The van der Waals surface area contributed by atoms with Crippen molar-refractivity contribution in [2.24, 2.45) is 0 Å². The van der Waals surface area contributed by atoms with Gasteiger partial charge in [-0.05, 0) is 24.6 Å². The van der Waals surface area contributed by atoms with E-state index in [1.807, 2.05) is 25.7 Å². The van der Waals surface area contributed by atoms with E-state index >= 15 is 0 Å². The molecule has 1 atom stereocenters. The zero-order valence-electron chi connectivity index (χ0n) is 19.5. The number of pyridine rings is 1. The van der Waals surface area contributed by atoms with Gasteiger partial charge in [0.2, 0.25) is 0 Å². The van der Waals surface area contributed by atoms with Gasteiger partial charge in [0.05, 0.1) is 35.9 Å². The SMILES string of the molecule is CCn1ncc2c(NC3CCOC(=O)C3)c(-c3nc(Cc4ccc(N(C)C)cc4)no3)cnc21. The molecular formula is C24H27N7O3. The third-order valence-corrected chi connectivity index (χ3v) is 5.97. The van der Waals surface area contributed by atoms with Crippen LogP contribution in [-0.4, -0.2) is 57.6 Å². The van der Waals surface area contributed by atoms with Gasteiger partial charge in [-0.25, -0.2) is 9.67 Å². The first-order chi connectivity index (χ1) is 16.5. The van der Waals surface area contributed by atoms with Gasteiger partial charge in [0.15, 0.2) is 11.5 Å². The van der Waals surface area contributed by atoms with E-state index in [4.69, 9.17) is 9.26 Å². The Labute approximate surface area is 196 Å². The third-order valence-electron chi connectivity index (χ3n) is 5.97. The van der Waals surface area contributed by atoms with Crippen LogP contribution in [0.2, 0.25) is 0 Å². The number of nitrogens with one attached hydrogen (secondary N) is 1. The summed E-state index contributed by atoms with van der Waals surface area (Å²) < 4.78 is 12.6. The Morgan fingerprint density at radius 2 is 2.03 bits per heavy atom. The third kappa shape index (κ3) is 4.30. The summed E-state index contributed by atoms with van der Waals surface area (Å²) in [6, 6.07) is 8.20. The standard InChI is InChI=1S/C24H27N7O3/c1-4-31-23-18(14-26-31)22(27-16-9-10-33-21(32)12-16)19(13-25-23)24-28-20(29-34-24)11-15-5-7-17(8-6-15)30(2)3/h5-8,13-14,16H,4,9-12H2,1-3H3,(H,25,27). The summed E-state index contributed by atoms with van der Waals surface area (Å²) in [6.45, 7) is 3.11. The molecule has 5 rings (SSSR count). The van der Waals surface area contributed by atoms with Crippen LogP contribution >= 0.6 is 0 Å². The minimum absolute atomic E-state index is 0.0619. The lowest BCUT2D eigenvalue weighted by molar-refractivity contribution is -0.147. The predicted molar refractivity (Wildman–Crippen MR) is 128 cm³/mol. The molecule has 1 aliphatic heterocycles. The van der Waals surface area contributed by atoms with Crippen molar-refractivity contribution in [2.45, 2.75) is 38.8 Å². The lowest BCUT2D eigenvalue weighted by Crippen LogP contribution is -2.31. The fraction of sp³-hybridized carbons (Fsp3) is 0.375. The van der Waals surface area contributed by atoms with Crippen molar-refractivity contribution >= 4 is 28.4 Å². The van der Waals surface area contributed by atoms with Gasteiger partial charge in [0.1, 0.15) is 0 Å². The zero-order chi connectivity index (χ0) is 23.7. The van der Waals surface area contributed by atoms with E-state index in [0.29, 0.717) is 43.3 Å². The van der Waals surface area contributed by atoms with Crippen molar-refractivity contribution in [1.29, 1.82) is 0 Å². The molecule has 0 aliphatic carbocycles. The van der Waals surface area contributed by atoms with E-state index < -0.39 is 0 Å². The number of esters is 1. The summed E-state index contributed by atoms with van der Waals surface area (Å²) >= 11 is 0. The maximum Gasteiger partial charge on any atom is 0.307 e. The van der Waals surface area contributed by atoms with Crippen molar-refractivity contribution in [3.05, 3.63) is 48.0 Å². The number of aromatic nitrogens is 5. The highest BCUT2D eigenvalue weighted by Gasteiger charge is 2.25. The van der Waals surface area contributed by atoms with Crippen LogP contribution in [0.15, 0.2) is 41.2 Å². The Morgan fingerprint density at radius 1 is 1.21 bits per heavy atom. The molecule has 0 bridgehead atoms. The number of hydrogen-bond acceptors (Lipinski definition) is 9. The largest absolute Gasteiger partial charge is 0.466 e. The predicted octanol–water partition coefficient (Wildman–Crippen LogP) is 3.28. The Morgan fingerprint density at radius 3 is 2.76 bits per heavy atom. The molecule has 0 amide bonds. The summed E-state index contributed by atoms with van der Waals surface area (Å²) in [5, 5.41) is 13.0. The van der Waals surface area contributed by atoms with Gasteiger partial charge in [-0.2, -0.15) is 10.1 Å². The lowest BCUT2D eigenvalue weighted by Gasteiger charge is -2.24. The van der Waals surface area contributed by atoms with Crippen LogP contribution < -0.4 is 10.2 Å². The van der Waals surface area contributed by atoms with E-state index in [-0.39, 0.29) is 12.0 Å². The Bertz CT molecular complexity index is 1310. The van der Waals surface area contributed by atoms with Gasteiger partial charge >= 0.3 is 5.97 Å². The van der Waals surface area contributed by atoms with Crippen molar-refractivity contribution in [3.63, 3.8) is 0 Å². The van der Waals surface area contributed by atoms with Crippen LogP contribution in [0.4, 0.5) is 11.4 Å². The summed E-state index contributed by atoms with van der Waals surface area (Å²) in [4.78, 5) is 23.2. The van der Waals surface area contributed by atoms with E-state index in [0.717, 1.165) is 34.4 Å². The highest BCUT2D eigenvalue weighted by Crippen LogP contribution is 2.34. The van der Waals surface area contributed by atoms with Gasteiger partial charge in [0, 0.05) is 51.4 Å². The van der Waals surface area contributed by atoms with Crippen molar-refractivity contribution in [1.82, 2.24) is 24.9 Å². The number of ether oxygens (including phenoxy) is 1. The maximum absolute atomic E-state index is 11.8. The van der Waals surface area contributed by atoms with E-state index in [2.05, 4.69) is 54.7 Å². The molecule has 1 aromatic carbocycles. The quantitative estimate of drug-likeness (QED) is 0.414. The summed E-state index contributed by atoms with van der Waals surface area (Å²) in [5.41, 5.74) is 4.45. The first-order valence-corrected chi connectivity index (χ1v) is 11.4. The first-order valence-electron chi connectivity index (χ1n) is 11.4. The Balaban J connectivity index is 1.47. The first kappa shape index (κ1) is 21.9. The number of aryl methyl sites for hydroxylation is 1. The monoisotopic (exact) mass is 461 g/mol. The lowest BCUT2D eigenvalue weighted by atomic mass is 10.1. The Hall–Kier alpha value is -3.95. The number of benzene rings is 1. The molecule has 0 saturated carbocycles. The number of carbonyl (C=O) groups is 1. The number of fused-ring (bicyclic) bond motifs is 1. The molecule has 1 aliphatic rings. The molecule has 0 radical (unpaired) electrons. The van der Waals surface area contributed by atoms with Crippen LogP contribution in [0.1, 0.15) is 31.2 Å². The number of rotatable bonds is 7. The summed E-state index contributed by atoms with van der Waals surface area (Å²) in [6.07, 6.45) is 5.07. The molecular weight excluding hydrogens is 434 g/mol. The Kier molecular flexibility index (Phi) is 5.87. The average molecular weight is 462 g/mol. The molecule has 10 nitrogen and oxygen atoms in total. The average Bonchev–Trinajstić information content (AvgIpc) is 3.47. The molecule has 1 fully saturated rings. The number of carbonyl (C=O) groups excluding carboxylic acids is 1. The van der Waals surface area contributed by atoms with Gasteiger partial charge in [-0.3, -0.25) is 4.79 Å². The maximum atomic E-state index is 11.8. The second kappa shape index (κ2) is 9.12. The smallest absolute Gasteiger partial charge is 0.307 e. The highest BCUT2D eigenvalue weighted by molar-refractivity contribution is 5.96. The van der Waals surface area contributed by atoms with Crippen LogP contribution in [-0.2, 0) is 22.5 Å². The van der Waals surface area contributed by atoms with Gasteiger partial charge in [-0.1, -0.05) is 17.3 Å². The second-order valence-electron chi connectivity index (χ2n) is 8.55. The molecule has 1 unspecified atom stereocenters. The van der Waals surface area contributed by atoms with Crippen LogP contribution in [0, 0.1) is 0 Å². The molecule has 4 aromatic rings. The second-order valence-corrected chi connectivity index (χ2v) is 8.55. The van der Waals surface area contributed by atoms with Crippen molar-refractivity contribution < 1.29 is 14.1 Å². The van der Waals surface area contributed by atoms with Crippen LogP contribution in [0.5, 0.6) is 0 Å². The molecule has 4 heterocycles. The molecule has 34 heavy (non-hydrogen) atoms. The van der Waals surface area contributed by atoms with Crippen molar-refractivity contribution in [2.75, 3.05) is 30.9 Å². The van der Waals surface area contributed by atoms with Crippen LogP contribution in [0.25, 0.3) is 22.5 Å². The molecule has 3 aromatic heterocycles. The molecule has 0 spiro atoms. The van der Waals surface area contributed by atoms with Crippen LogP contribution in [0.3, 0.4) is 0 Å². The minimum Gasteiger partial charge on any atom is -0.466 e. The van der Waals surface area contributed by atoms with E-state index in [1.165, 1.54) is 0 Å². The van der Waals surface area contributed by atoms with Gasteiger partial charge in [0.25, 0.3) is 5.89 Å². The fourth-order valence-electron chi connectivity index (χ4n) is 4.11. The molecule has 1 N–H and O–H groups in total. The highest BCUT2D eigenvalue weighted by atomic mass is 16.5. The van der Waals surface area contributed by atoms with E-state index in [9.17, 15) is 4.79 Å². The zero-order valence-corrected chi connectivity index (χ0v) is 19.5. The normalized spacial score (nSPS) is 16.0. The number of hydrogen-bond donors (Lipinski definition) is 1. The van der Waals surface area contributed by atoms with Gasteiger partial charge < -0.3 is 19.5 Å². The van der Waals surface area contributed by atoms with E-state index in [1.54, 1.807) is 12.4 Å². The topological polar surface area (TPSA) is 111 Å². The number of anilines is 2. The number of nitrogens with zero attached hydrogens (tertiary/aromatic N) is 6. The summed E-state index contributed by atoms with van der Waals surface area (Å²) in [5.74, 6) is 0.754. The molecule has 1 saturated heterocycles. The number of cyclic esters (lactones) is 1. The van der Waals surface area contributed by atoms with Gasteiger partial charge in [-0.15, -0.1) is 0 Å². The fourth-order valence-corrected chi connectivity index (χ4v) is 4.11.